The molecular formula is C21H21N5O2. The molecule has 0 bridgehead atoms. The van der Waals surface area contributed by atoms with Crippen LogP contribution in [0.2, 0.25) is 0 Å². The van der Waals surface area contributed by atoms with Gasteiger partial charge in [-0.1, -0.05) is 25.8 Å². The molecule has 0 radical (unpaired) electrons. The fourth-order valence-electron chi connectivity index (χ4n) is 2.84. The van der Waals surface area contributed by atoms with Gasteiger partial charge in [0.2, 0.25) is 5.82 Å². The first-order valence-corrected chi connectivity index (χ1v) is 9.21. The smallest absolute Gasteiger partial charge is 0.292 e. The Hall–Kier alpha value is -3.66. The van der Waals surface area contributed by atoms with E-state index in [9.17, 15) is 9.59 Å². The van der Waals surface area contributed by atoms with Crippen LogP contribution in [0.4, 0.5) is 5.69 Å². The predicted octanol–water partition coefficient (Wildman–Crippen LogP) is 3.38. The average molecular weight is 375 g/mol. The Morgan fingerprint density at radius 1 is 1.11 bits per heavy atom. The fourth-order valence-corrected chi connectivity index (χ4v) is 2.84. The van der Waals surface area contributed by atoms with E-state index in [1.807, 2.05) is 6.07 Å². The molecule has 0 atom stereocenters. The Morgan fingerprint density at radius 3 is 2.61 bits per heavy atom. The van der Waals surface area contributed by atoms with Crippen LogP contribution in [0.15, 0.2) is 48.7 Å². The molecule has 3 rings (SSSR count). The minimum Gasteiger partial charge on any atom is -0.351 e. The number of hydrogen-bond acceptors (Lipinski definition) is 4. The summed E-state index contributed by atoms with van der Waals surface area (Å²) in [4.78, 5) is 29.6. The second-order valence-corrected chi connectivity index (χ2v) is 6.35. The van der Waals surface area contributed by atoms with Gasteiger partial charge in [0.1, 0.15) is 0 Å². The Morgan fingerprint density at radius 2 is 1.89 bits per heavy atom. The number of nitrogens with one attached hydrogen (secondary N) is 2. The largest absolute Gasteiger partial charge is 0.351 e. The van der Waals surface area contributed by atoms with Gasteiger partial charge in [-0.15, -0.1) is 0 Å². The monoisotopic (exact) mass is 375 g/mol. The molecule has 1 aromatic carbocycles. The van der Waals surface area contributed by atoms with Gasteiger partial charge >= 0.3 is 0 Å². The predicted molar refractivity (Wildman–Crippen MR) is 106 cm³/mol. The molecule has 142 valence electrons. The molecule has 28 heavy (non-hydrogen) atoms. The lowest BCUT2D eigenvalue weighted by Crippen LogP contribution is -2.25. The second-order valence-electron chi connectivity index (χ2n) is 6.35. The first-order valence-electron chi connectivity index (χ1n) is 9.21. The Labute approximate surface area is 163 Å². The number of anilines is 1. The van der Waals surface area contributed by atoms with E-state index in [-0.39, 0.29) is 17.4 Å². The van der Waals surface area contributed by atoms with Crippen molar-refractivity contribution in [3.05, 3.63) is 65.7 Å². The van der Waals surface area contributed by atoms with Gasteiger partial charge in [-0.25, -0.2) is 4.98 Å². The van der Waals surface area contributed by atoms with Crippen molar-refractivity contribution in [3.63, 3.8) is 0 Å². The van der Waals surface area contributed by atoms with E-state index in [1.165, 1.54) is 0 Å². The molecule has 0 aliphatic rings. The van der Waals surface area contributed by atoms with Crippen LogP contribution in [-0.4, -0.2) is 27.7 Å². The van der Waals surface area contributed by atoms with Crippen molar-refractivity contribution in [3.8, 4) is 6.07 Å². The Kier molecular flexibility index (Phi) is 6.02. The molecule has 0 saturated heterocycles. The zero-order chi connectivity index (χ0) is 19.9. The van der Waals surface area contributed by atoms with Crippen LogP contribution < -0.4 is 10.6 Å². The maximum absolute atomic E-state index is 12.7. The number of benzene rings is 1. The van der Waals surface area contributed by atoms with Crippen LogP contribution in [0.3, 0.4) is 0 Å². The summed E-state index contributed by atoms with van der Waals surface area (Å²) in [5.41, 5.74) is 1.84. The van der Waals surface area contributed by atoms with Gasteiger partial charge in [-0.05, 0) is 42.8 Å². The van der Waals surface area contributed by atoms with Gasteiger partial charge in [0.25, 0.3) is 11.8 Å². The first-order chi connectivity index (χ1) is 13.6. The zero-order valence-electron chi connectivity index (χ0n) is 15.6. The average Bonchev–Trinajstić information content (AvgIpc) is 3.11. The number of fused-ring (bicyclic) bond motifs is 1. The molecule has 2 aromatic heterocycles. The number of imidazole rings is 1. The molecule has 0 aliphatic carbocycles. The summed E-state index contributed by atoms with van der Waals surface area (Å²) in [5, 5.41) is 14.5. The Bertz CT molecular complexity index is 1030. The zero-order valence-corrected chi connectivity index (χ0v) is 15.6. The second kappa shape index (κ2) is 8.82. The summed E-state index contributed by atoms with van der Waals surface area (Å²) in [6.07, 6.45) is 4.72. The maximum atomic E-state index is 12.7. The van der Waals surface area contributed by atoms with Crippen molar-refractivity contribution < 1.29 is 9.59 Å². The molecule has 2 amide bonds. The number of nitriles is 1. The molecular weight excluding hydrogens is 354 g/mol. The van der Waals surface area contributed by atoms with Gasteiger partial charge in [-0.2, -0.15) is 5.26 Å². The van der Waals surface area contributed by atoms with Crippen LogP contribution in [0.1, 0.15) is 52.9 Å². The van der Waals surface area contributed by atoms with E-state index < -0.39 is 5.91 Å². The summed E-state index contributed by atoms with van der Waals surface area (Å²) in [6.45, 7) is 2.68. The summed E-state index contributed by atoms with van der Waals surface area (Å²) in [5.74, 6) is -0.605. The number of rotatable bonds is 7. The highest BCUT2D eigenvalue weighted by Gasteiger charge is 2.21. The number of hydrogen-bond donors (Lipinski definition) is 2. The standard InChI is InChI=1S/C21H21N5O2/c1-2-3-5-12-23-20(27)18-17-7-4-6-13-26(17)19(25-18)21(28)24-16-10-8-15(14-22)9-11-16/h4,6-11,13H,2-3,5,12H2,1H3,(H,23,27)(H,24,28). The lowest BCUT2D eigenvalue weighted by molar-refractivity contribution is 0.0950. The van der Waals surface area contributed by atoms with Crippen LogP contribution in [0, 0.1) is 11.3 Å². The quantitative estimate of drug-likeness (QED) is 0.618. The fraction of sp³-hybridized carbons (Fsp3) is 0.238. The summed E-state index contributed by atoms with van der Waals surface area (Å²) in [7, 11) is 0. The molecule has 3 aromatic rings. The maximum Gasteiger partial charge on any atom is 0.292 e. The SMILES string of the molecule is CCCCCNC(=O)c1nc(C(=O)Nc2ccc(C#N)cc2)n2ccccc12. The first kappa shape index (κ1) is 19.1. The molecule has 7 heteroatoms. The van der Waals surface area contributed by atoms with E-state index in [0.717, 1.165) is 19.3 Å². The van der Waals surface area contributed by atoms with E-state index in [2.05, 4.69) is 22.5 Å². The van der Waals surface area contributed by atoms with Gasteiger partial charge in [0.15, 0.2) is 5.69 Å². The summed E-state index contributed by atoms with van der Waals surface area (Å²) >= 11 is 0. The van der Waals surface area contributed by atoms with E-state index in [0.29, 0.717) is 23.3 Å². The van der Waals surface area contributed by atoms with Gasteiger partial charge < -0.3 is 10.6 Å². The third kappa shape index (κ3) is 4.18. The number of amides is 2. The Balaban J connectivity index is 1.83. The molecule has 7 nitrogen and oxygen atoms in total. The molecule has 0 spiro atoms. The van der Waals surface area contributed by atoms with Crippen molar-refractivity contribution in [2.75, 3.05) is 11.9 Å². The highest BCUT2D eigenvalue weighted by Crippen LogP contribution is 2.16. The lowest BCUT2D eigenvalue weighted by Gasteiger charge is -2.04. The van der Waals surface area contributed by atoms with Crippen LogP contribution in [0.25, 0.3) is 5.52 Å². The minimum atomic E-state index is -0.434. The number of carbonyl (C=O) groups excluding carboxylic acids is 2. The lowest BCUT2D eigenvalue weighted by atomic mass is 10.2. The molecule has 2 N–H and O–H groups in total. The van der Waals surface area contributed by atoms with Crippen molar-refractivity contribution in [2.45, 2.75) is 26.2 Å². The van der Waals surface area contributed by atoms with Crippen molar-refractivity contribution in [1.29, 1.82) is 5.26 Å². The van der Waals surface area contributed by atoms with Crippen LogP contribution in [-0.2, 0) is 0 Å². The third-order valence-electron chi connectivity index (χ3n) is 4.30. The topological polar surface area (TPSA) is 99.3 Å². The van der Waals surface area contributed by atoms with Crippen LogP contribution in [0.5, 0.6) is 0 Å². The molecule has 0 unspecified atom stereocenters. The van der Waals surface area contributed by atoms with Gasteiger partial charge in [-0.3, -0.25) is 14.0 Å². The number of pyridine rings is 1. The highest BCUT2D eigenvalue weighted by atomic mass is 16.2. The molecule has 0 aliphatic heterocycles. The number of unbranched alkanes of at least 4 members (excludes halogenated alkanes) is 2. The third-order valence-corrected chi connectivity index (χ3v) is 4.30. The van der Waals surface area contributed by atoms with E-state index in [1.54, 1.807) is 53.1 Å². The van der Waals surface area contributed by atoms with Crippen molar-refractivity contribution in [2.24, 2.45) is 0 Å². The summed E-state index contributed by atoms with van der Waals surface area (Å²) in [6, 6.07) is 13.9. The molecule has 0 fully saturated rings. The summed E-state index contributed by atoms with van der Waals surface area (Å²) < 4.78 is 1.60. The number of carbonyl (C=O) groups is 2. The van der Waals surface area contributed by atoms with Crippen molar-refractivity contribution >= 4 is 23.0 Å². The van der Waals surface area contributed by atoms with E-state index in [4.69, 9.17) is 5.26 Å². The van der Waals surface area contributed by atoms with E-state index >= 15 is 0 Å². The molecule has 0 saturated carbocycles. The van der Waals surface area contributed by atoms with Gasteiger partial charge in [0, 0.05) is 18.4 Å². The normalized spacial score (nSPS) is 10.4. The molecule has 2 heterocycles. The van der Waals surface area contributed by atoms with Crippen molar-refractivity contribution in [1.82, 2.24) is 14.7 Å². The number of aromatic nitrogens is 2. The van der Waals surface area contributed by atoms with Gasteiger partial charge in [0.05, 0.1) is 17.1 Å². The minimum absolute atomic E-state index is 0.124. The number of nitrogens with zero attached hydrogens (tertiary/aromatic N) is 3. The highest BCUT2D eigenvalue weighted by molar-refractivity contribution is 6.06. The van der Waals surface area contributed by atoms with Crippen LogP contribution >= 0.6 is 0 Å².